The molecule has 1 aromatic carbocycles. The summed E-state index contributed by atoms with van der Waals surface area (Å²) in [5, 5.41) is 10.4. The molecule has 4 rings (SSSR count). The standard InChI is InChI=1S/C20H26N2O3/c1-14-5-2-3-6-15(14)19-11-21-20(25-19)12-22-9-4-7-17(22)16-13-24-10-8-18(16)23/h2-3,5-6,11,16-18,23H,4,7-10,12-13H2,1H3/t16-,17-,18-/m1/s1. The van der Waals surface area contributed by atoms with Crippen LogP contribution < -0.4 is 0 Å². The first kappa shape index (κ1) is 16.8. The van der Waals surface area contributed by atoms with Crippen LogP contribution in [0.2, 0.25) is 0 Å². The molecule has 0 saturated carbocycles. The first-order chi connectivity index (χ1) is 12.2. The van der Waals surface area contributed by atoms with E-state index in [2.05, 4.69) is 28.9 Å². The maximum atomic E-state index is 10.4. The Morgan fingerprint density at radius 1 is 1.28 bits per heavy atom. The van der Waals surface area contributed by atoms with Crippen molar-refractivity contribution >= 4 is 0 Å². The smallest absolute Gasteiger partial charge is 0.209 e. The Bertz CT molecular complexity index is 714. The van der Waals surface area contributed by atoms with Crippen molar-refractivity contribution in [1.82, 2.24) is 9.88 Å². The molecule has 0 radical (unpaired) electrons. The third-order valence-electron chi connectivity index (χ3n) is 5.57. The number of hydrogen-bond donors (Lipinski definition) is 1. The predicted molar refractivity (Wildman–Crippen MR) is 95.0 cm³/mol. The third kappa shape index (κ3) is 3.50. The van der Waals surface area contributed by atoms with E-state index in [1.54, 1.807) is 0 Å². The molecule has 0 amide bonds. The lowest BCUT2D eigenvalue weighted by molar-refractivity contribution is -0.0643. The number of aromatic nitrogens is 1. The van der Waals surface area contributed by atoms with Crippen molar-refractivity contribution in [3.63, 3.8) is 0 Å². The van der Waals surface area contributed by atoms with Crippen LogP contribution in [0, 0.1) is 12.8 Å². The number of oxazole rings is 1. The third-order valence-corrected chi connectivity index (χ3v) is 5.57. The minimum absolute atomic E-state index is 0.196. The Labute approximate surface area is 148 Å². The Morgan fingerprint density at radius 3 is 3.00 bits per heavy atom. The number of aliphatic hydroxyl groups excluding tert-OH is 1. The van der Waals surface area contributed by atoms with Crippen molar-refractivity contribution in [3.05, 3.63) is 41.9 Å². The minimum atomic E-state index is -0.258. The lowest BCUT2D eigenvalue weighted by atomic mass is 9.89. The summed E-state index contributed by atoms with van der Waals surface area (Å²) >= 11 is 0. The van der Waals surface area contributed by atoms with Crippen molar-refractivity contribution in [2.24, 2.45) is 5.92 Å². The molecule has 5 heteroatoms. The van der Waals surface area contributed by atoms with Gasteiger partial charge in [0.05, 0.1) is 25.5 Å². The molecule has 1 aromatic heterocycles. The van der Waals surface area contributed by atoms with Crippen LogP contribution in [-0.4, -0.2) is 46.9 Å². The van der Waals surface area contributed by atoms with E-state index in [1.807, 2.05) is 18.3 Å². The molecule has 0 aliphatic carbocycles. The van der Waals surface area contributed by atoms with Gasteiger partial charge in [-0.15, -0.1) is 0 Å². The number of aryl methyl sites for hydroxylation is 1. The SMILES string of the molecule is Cc1ccccc1-c1cnc(CN2CCC[C@@H]2[C@H]2COCC[C@H]2O)o1. The van der Waals surface area contributed by atoms with Crippen molar-refractivity contribution in [2.45, 2.75) is 44.9 Å². The minimum Gasteiger partial charge on any atom is -0.439 e. The van der Waals surface area contributed by atoms with Gasteiger partial charge in [0.1, 0.15) is 0 Å². The van der Waals surface area contributed by atoms with Gasteiger partial charge < -0.3 is 14.3 Å². The van der Waals surface area contributed by atoms with Gasteiger partial charge in [-0.05, 0) is 38.3 Å². The molecule has 2 aromatic rings. The summed E-state index contributed by atoms with van der Waals surface area (Å²) in [5.41, 5.74) is 2.28. The Kier molecular flexibility index (Phi) is 4.88. The zero-order valence-corrected chi connectivity index (χ0v) is 14.7. The first-order valence-corrected chi connectivity index (χ1v) is 9.23. The molecular weight excluding hydrogens is 316 g/mol. The molecule has 0 bridgehead atoms. The van der Waals surface area contributed by atoms with Gasteiger partial charge >= 0.3 is 0 Å². The second-order valence-electron chi connectivity index (χ2n) is 7.21. The van der Waals surface area contributed by atoms with Crippen molar-refractivity contribution in [2.75, 3.05) is 19.8 Å². The van der Waals surface area contributed by atoms with Crippen LogP contribution in [0.25, 0.3) is 11.3 Å². The van der Waals surface area contributed by atoms with Gasteiger partial charge in [0.25, 0.3) is 0 Å². The molecule has 5 nitrogen and oxygen atoms in total. The summed E-state index contributed by atoms with van der Waals surface area (Å²) < 4.78 is 11.6. The molecule has 0 unspecified atom stereocenters. The molecule has 2 fully saturated rings. The van der Waals surface area contributed by atoms with Gasteiger partial charge in [-0.25, -0.2) is 4.98 Å². The van der Waals surface area contributed by atoms with Crippen LogP contribution in [0.1, 0.15) is 30.7 Å². The molecule has 2 aliphatic rings. The maximum absolute atomic E-state index is 10.4. The molecule has 3 atom stereocenters. The molecule has 3 heterocycles. The Hall–Kier alpha value is -1.69. The highest BCUT2D eigenvalue weighted by Gasteiger charge is 2.37. The van der Waals surface area contributed by atoms with Crippen molar-refractivity contribution in [1.29, 1.82) is 0 Å². The average Bonchev–Trinajstić information content (AvgIpc) is 3.26. The van der Waals surface area contributed by atoms with Crippen LogP contribution in [0.3, 0.4) is 0 Å². The predicted octanol–water partition coefficient (Wildman–Crippen LogP) is 3.01. The van der Waals surface area contributed by atoms with E-state index in [4.69, 9.17) is 9.15 Å². The van der Waals surface area contributed by atoms with E-state index >= 15 is 0 Å². The van der Waals surface area contributed by atoms with Crippen molar-refractivity contribution < 1.29 is 14.3 Å². The van der Waals surface area contributed by atoms with E-state index in [0.29, 0.717) is 25.8 Å². The Balaban J connectivity index is 1.47. The van der Waals surface area contributed by atoms with Gasteiger partial charge in [0, 0.05) is 24.1 Å². The summed E-state index contributed by atoms with van der Waals surface area (Å²) in [6.07, 6.45) is 4.56. The summed E-state index contributed by atoms with van der Waals surface area (Å²) in [6.45, 7) is 5.13. The monoisotopic (exact) mass is 342 g/mol. The van der Waals surface area contributed by atoms with E-state index < -0.39 is 0 Å². The van der Waals surface area contributed by atoms with Gasteiger partial charge in [-0.3, -0.25) is 4.90 Å². The largest absolute Gasteiger partial charge is 0.439 e. The lowest BCUT2D eigenvalue weighted by Gasteiger charge is -2.36. The fourth-order valence-corrected chi connectivity index (χ4v) is 4.18. The number of hydrogen-bond acceptors (Lipinski definition) is 5. The maximum Gasteiger partial charge on any atom is 0.209 e. The van der Waals surface area contributed by atoms with Crippen LogP contribution >= 0.6 is 0 Å². The number of ether oxygens (including phenoxy) is 1. The normalized spacial score (nSPS) is 27.7. The Morgan fingerprint density at radius 2 is 2.16 bits per heavy atom. The number of aliphatic hydroxyl groups is 1. The topological polar surface area (TPSA) is 58.7 Å². The van der Waals surface area contributed by atoms with E-state index in [9.17, 15) is 5.11 Å². The zero-order chi connectivity index (χ0) is 17.2. The second-order valence-corrected chi connectivity index (χ2v) is 7.21. The van der Waals surface area contributed by atoms with E-state index in [-0.39, 0.29) is 12.0 Å². The van der Waals surface area contributed by atoms with Crippen LogP contribution in [-0.2, 0) is 11.3 Å². The number of rotatable bonds is 4. The highest BCUT2D eigenvalue weighted by Crippen LogP contribution is 2.31. The van der Waals surface area contributed by atoms with E-state index in [1.165, 1.54) is 5.56 Å². The highest BCUT2D eigenvalue weighted by molar-refractivity contribution is 5.60. The number of nitrogens with zero attached hydrogens (tertiary/aromatic N) is 2. The molecule has 25 heavy (non-hydrogen) atoms. The van der Waals surface area contributed by atoms with Gasteiger partial charge in [0.2, 0.25) is 5.89 Å². The van der Waals surface area contributed by atoms with Crippen LogP contribution in [0.4, 0.5) is 0 Å². The molecule has 2 aliphatic heterocycles. The summed E-state index contributed by atoms with van der Waals surface area (Å²) in [5.74, 6) is 1.77. The summed E-state index contributed by atoms with van der Waals surface area (Å²) in [4.78, 5) is 6.89. The van der Waals surface area contributed by atoms with Crippen molar-refractivity contribution in [3.8, 4) is 11.3 Å². The van der Waals surface area contributed by atoms with Gasteiger partial charge in [-0.1, -0.05) is 24.3 Å². The zero-order valence-electron chi connectivity index (χ0n) is 14.7. The highest BCUT2D eigenvalue weighted by atomic mass is 16.5. The van der Waals surface area contributed by atoms with Crippen LogP contribution in [0.5, 0.6) is 0 Å². The van der Waals surface area contributed by atoms with Gasteiger partial charge in [-0.2, -0.15) is 0 Å². The summed E-state index contributed by atoms with van der Waals surface area (Å²) in [7, 11) is 0. The van der Waals surface area contributed by atoms with Gasteiger partial charge in [0.15, 0.2) is 5.76 Å². The average molecular weight is 342 g/mol. The number of benzene rings is 1. The molecule has 0 spiro atoms. The second kappa shape index (κ2) is 7.28. The lowest BCUT2D eigenvalue weighted by Crippen LogP contribution is -2.45. The molecule has 2 saturated heterocycles. The molecule has 1 N–H and O–H groups in total. The van der Waals surface area contributed by atoms with Crippen LogP contribution in [0.15, 0.2) is 34.9 Å². The molecular formula is C20H26N2O3. The quantitative estimate of drug-likeness (QED) is 0.925. The number of likely N-dealkylation sites (tertiary alicyclic amines) is 1. The molecule has 134 valence electrons. The fraction of sp³-hybridized carbons (Fsp3) is 0.550. The van der Waals surface area contributed by atoms with E-state index in [0.717, 1.165) is 43.0 Å². The summed E-state index contributed by atoms with van der Waals surface area (Å²) in [6, 6.07) is 8.55. The first-order valence-electron chi connectivity index (χ1n) is 9.23. The fourth-order valence-electron chi connectivity index (χ4n) is 4.18.